The van der Waals surface area contributed by atoms with Gasteiger partial charge in [-0.1, -0.05) is 24.1 Å². The van der Waals surface area contributed by atoms with E-state index in [1.165, 1.54) is 25.3 Å². The smallest absolute Gasteiger partial charge is 0.387 e. The number of carbonyl (C=O) groups is 2. The molecule has 0 saturated heterocycles. The fourth-order valence-corrected chi connectivity index (χ4v) is 2.32. The van der Waals surface area contributed by atoms with Crippen LogP contribution in [-0.4, -0.2) is 32.1 Å². The number of para-hydroxylation sites is 1. The van der Waals surface area contributed by atoms with E-state index in [4.69, 9.17) is 11.2 Å². The molecule has 0 spiro atoms. The van der Waals surface area contributed by atoms with Gasteiger partial charge < -0.3 is 20.1 Å². The monoisotopic (exact) mass is 400 g/mol. The summed E-state index contributed by atoms with van der Waals surface area (Å²) < 4.78 is 34.7. The van der Waals surface area contributed by atoms with E-state index in [9.17, 15) is 18.4 Å². The zero-order valence-corrected chi connectivity index (χ0v) is 15.4. The summed E-state index contributed by atoms with van der Waals surface area (Å²) in [4.78, 5) is 23.9. The van der Waals surface area contributed by atoms with E-state index >= 15 is 0 Å². The summed E-state index contributed by atoms with van der Waals surface area (Å²) in [6.07, 6.45) is 7.68. The van der Waals surface area contributed by atoms with Crippen molar-refractivity contribution in [3.8, 4) is 23.8 Å². The molecule has 0 unspecified atom stereocenters. The first-order valence-electron chi connectivity index (χ1n) is 8.37. The largest absolute Gasteiger partial charge is 0.493 e. The molecule has 2 aromatic carbocycles. The van der Waals surface area contributed by atoms with Crippen LogP contribution in [0.15, 0.2) is 48.5 Å². The van der Waals surface area contributed by atoms with Crippen LogP contribution in [0.1, 0.15) is 11.1 Å². The number of methoxy groups -OCH3 is 1. The molecule has 8 heteroatoms. The number of halogens is 2. The highest BCUT2D eigenvalue weighted by Gasteiger charge is 2.14. The van der Waals surface area contributed by atoms with E-state index in [1.807, 2.05) is 0 Å². The highest BCUT2D eigenvalue weighted by molar-refractivity contribution is 5.98. The van der Waals surface area contributed by atoms with Crippen molar-refractivity contribution in [2.45, 2.75) is 6.61 Å². The van der Waals surface area contributed by atoms with Gasteiger partial charge in [-0.05, 0) is 30.3 Å². The number of ether oxygens (including phenoxy) is 2. The Kier molecular flexibility index (Phi) is 7.74. The van der Waals surface area contributed by atoms with Crippen LogP contribution in [0.25, 0.3) is 6.08 Å². The highest BCUT2D eigenvalue weighted by atomic mass is 19.3. The van der Waals surface area contributed by atoms with Gasteiger partial charge in [-0.25, -0.2) is 0 Å². The van der Waals surface area contributed by atoms with Crippen LogP contribution in [0.2, 0.25) is 0 Å². The first-order chi connectivity index (χ1) is 13.9. The van der Waals surface area contributed by atoms with Crippen LogP contribution in [-0.2, 0) is 9.59 Å². The predicted octanol–water partition coefficient (Wildman–Crippen LogP) is 3.05. The summed E-state index contributed by atoms with van der Waals surface area (Å²) in [6.45, 7) is -3.34. The van der Waals surface area contributed by atoms with Gasteiger partial charge in [0.2, 0.25) is 11.8 Å². The second kappa shape index (κ2) is 10.5. The van der Waals surface area contributed by atoms with Crippen molar-refractivity contribution in [1.82, 2.24) is 5.32 Å². The molecule has 29 heavy (non-hydrogen) atoms. The van der Waals surface area contributed by atoms with E-state index in [2.05, 4.69) is 21.3 Å². The maximum absolute atomic E-state index is 12.6. The second-order valence-electron chi connectivity index (χ2n) is 5.58. The van der Waals surface area contributed by atoms with E-state index in [1.54, 1.807) is 30.3 Å². The normalized spacial score (nSPS) is 10.4. The SMILES string of the molecule is C#Cc1cccc(NC(=O)CNC(=O)/C=C/c2cccc(OC)c2OC(F)F)c1. The van der Waals surface area contributed by atoms with Crippen LogP contribution >= 0.6 is 0 Å². The molecule has 0 bridgehead atoms. The Bertz CT molecular complexity index is 952. The van der Waals surface area contributed by atoms with Crippen molar-refractivity contribution in [2.75, 3.05) is 19.0 Å². The average molecular weight is 400 g/mol. The summed E-state index contributed by atoms with van der Waals surface area (Å²) >= 11 is 0. The minimum atomic E-state index is -3.05. The third-order valence-electron chi connectivity index (χ3n) is 3.59. The zero-order valence-electron chi connectivity index (χ0n) is 15.4. The standard InChI is InChI=1S/C21H18F2N2O4/c1-3-14-6-4-8-16(12-14)25-19(27)13-24-18(26)11-10-15-7-5-9-17(28-2)20(15)29-21(22)23/h1,4-12,21H,13H2,2H3,(H,24,26)(H,25,27)/b11-10+. The predicted molar refractivity (Wildman–Crippen MR) is 105 cm³/mol. The summed E-state index contributed by atoms with van der Waals surface area (Å²) in [5, 5.41) is 4.99. The average Bonchev–Trinajstić information content (AvgIpc) is 2.71. The van der Waals surface area contributed by atoms with Crippen molar-refractivity contribution in [2.24, 2.45) is 0 Å². The molecule has 0 aliphatic heterocycles. The molecule has 0 radical (unpaired) electrons. The van der Waals surface area contributed by atoms with Crippen LogP contribution in [0.3, 0.4) is 0 Å². The number of rotatable bonds is 8. The molecule has 0 aliphatic carbocycles. The van der Waals surface area contributed by atoms with Crippen molar-refractivity contribution in [3.05, 3.63) is 59.7 Å². The Morgan fingerprint density at radius 1 is 1.24 bits per heavy atom. The van der Waals surface area contributed by atoms with Crippen molar-refractivity contribution in [3.63, 3.8) is 0 Å². The van der Waals surface area contributed by atoms with Gasteiger partial charge in [-0.2, -0.15) is 8.78 Å². The molecule has 0 aromatic heterocycles. The van der Waals surface area contributed by atoms with Crippen LogP contribution in [0, 0.1) is 12.3 Å². The van der Waals surface area contributed by atoms with E-state index in [0.29, 0.717) is 11.3 Å². The van der Waals surface area contributed by atoms with Gasteiger partial charge in [-0.3, -0.25) is 9.59 Å². The maximum Gasteiger partial charge on any atom is 0.387 e. The fraction of sp³-hybridized carbons (Fsp3) is 0.143. The summed E-state index contributed by atoms with van der Waals surface area (Å²) in [5.74, 6) is 1.31. The molecule has 2 rings (SSSR count). The van der Waals surface area contributed by atoms with Crippen molar-refractivity contribution >= 4 is 23.6 Å². The van der Waals surface area contributed by atoms with E-state index < -0.39 is 18.4 Å². The molecule has 0 fully saturated rings. The third kappa shape index (κ3) is 6.66. The maximum atomic E-state index is 12.6. The number of carbonyl (C=O) groups excluding carboxylic acids is 2. The number of hydrogen-bond acceptors (Lipinski definition) is 4. The molecule has 0 aliphatic rings. The minimum absolute atomic E-state index is 0.0986. The second-order valence-corrected chi connectivity index (χ2v) is 5.58. The minimum Gasteiger partial charge on any atom is -0.493 e. The number of terminal acetylenes is 1. The van der Waals surface area contributed by atoms with Crippen molar-refractivity contribution in [1.29, 1.82) is 0 Å². The van der Waals surface area contributed by atoms with Gasteiger partial charge in [0.1, 0.15) is 0 Å². The highest BCUT2D eigenvalue weighted by Crippen LogP contribution is 2.33. The van der Waals surface area contributed by atoms with Crippen LogP contribution in [0.5, 0.6) is 11.5 Å². The first kappa shape index (κ1) is 21.4. The fourth-order valence-electron chi connectivity index (χ4n) is 2.32. The lowest BCUT2D eigenvalue weighted by Gasteiger charge is -2.12. The Hall–Kier alpha value is -3.86. The molecule has 0 heterocycles. The van der Waals surface area contributed by atoms with Gasteiger partial charge in [0.05, 0.1) is 13.7 Å². The molecule has 2 aromatic rings. The van der Waals surface area contributed by atoms with Crippen molar-refractivity contribution < 1.29 is 27.8 Å². The molecule has 0 atom stereocenters. The Morgan fingerprint density at radius 3 is 2.69 bits per heavy atom. The Labute approximate surface area is 166 Å². The molecule has 150 valence electrons. The molecule has 0 saturated carbocycles. The summed E-state index contributed by atoms with van der Waals surface area (Å²) in [5.41, 5.74) is 1.32. The molecular weight excluding hydrogens is 382 g/mol. The topological polar surface area (TPSA) is 76.7 Å². The number of hydrogen-bond donors (Lipinski definition) is 2. The van der Waals surface area contributed by atoms with E-state index in [0.717, 1.165) is 6.08 Å². The zero-order chi connectivity index (χ0) is 21.2. The third-order valence-corrected chi connectivity index (χ3v) is 3.59. The van der Waals surface area contributed by atoms with Gasteiger partial charge >= 0.3 is 6.61 Å². The lowest BCUT2D eigenvalue weighted by molar-refractivity contribution is -0.121. The number of benzene rings is 2. The Balaban J connectivity index is 1.96. The summed E-state index contributed by atoms with van der Waals surface area (Å²) in [6, 6.07) is 11.2. The number of nitrogens with one attached hydrogen (secondary N) is 2. The van der Waals surface area contributed by atoms with Gasteiger partial charge in [0.25, 0.3) is 0 Å². The van der Waals surface area contributed by atoms with Crippen LogP contribution in [0.4, 0.5) is 14.5 Å². The number of alkyl halides is 2. The lowest BCUT2D eigenvalue weighted by atomic mass is 10.1. The van der Waals surface area contributed by atoms with Gasteiger partial charge in [-0.15, -0.1) is 6.42 Å². The lowest BCUT2D eigenvalue weighted by Crippen LogP contribution is -2.31. The quantitative estimate of drug-likeness (QED) is 0.528. The number of amides is 2. The molecule has 2 amide bonds. The molecule has 2 N–H and O–H groups in total. The summed E-state index contributed by atoms with van der Waals surface area (Å²) in [7, 11) is 1.31. The number of anilines is 1. The molecular formula is C21H18F2N2O4. The van der Waals surface area contributed by atoms with Gasteiger partial charge in [0, 0.05) is 22.9 Å². The van der Waals surface area contributed by atoms with E-state index in [-0.39, 0.29) is 23.6 Å². The molecule has 6 nitrogen and oxygen atoms in total. The van der Waals surface area contributed by atoms with Gasteiger partial charge in [0.15, 0.2) is 11.5 Å². The Morgan fingerprint density at radius 2 is 2.00 bits per heavy atom. The van der Waals surface area contributed by atoms with Crippen LogP contribution < -0.4 is 20.1 Å². The first-order valence-corrected chi connectivity index (χ1v) is 8.37.